The fourth-order valence-electron chi connectivity index (χ4n) is 2.91. The van der Waals surface area contributed by atoms with Crippen molar-refractivity contribution in [3.63, 3.8) is 0 Å². The number of hydrogen-bond acceptors (Lipinski definition) is 8. The number of alkyl halides is 3. The number of carbonyl (C=O) groups excluding carboxylic acids is 1. The number of anilines is 1. The fourth-order valence-corrected chi connectivity index (χ4v) is 3.45. The van der Waals surface area contributed by atoms with Crippen molar-refractivity contribution >= 4 is 27.7 Å². The lowest BCUT2D eigenvalue weighted by atomic mass is 10.1. The van der Waals surface area contributed by atoms with Crippen LogP contribution in [0.5, 0.6) is 0 Å². The molecular weight excluding hydrogens is 469 g/mol. The number of aromatic nitrogens is 4. The van der Waals surface area contributed by atoms with Gasteiger partial charge in [-0.3, -0.25) is 9.48 Å². The van der Waals surface area contributed by atoms with E-state index in [9.17, 15) is 26.4 Å². The van der Waals surface area contributed by atoms with Gasteiger partial charge < -0.3 is 15.3 Å². The molecule has 15 heteroatoms. The van der Waals surface area contributed by atoms with Crippen LogP contribution in [0.1, 0.15) is 12.1 Å². The Morgan fingerprint density at radius 1 is 1.21 bits per heavy atom. The van der Waals surface area contributed by atoms with E-state index in [-0.39, 0.29) is 24.0 Å². The summed E-state index contributed by atoms with van der Waals surface area (Å²) in [6.07, 6.45) is 1.09. The minimum atomic E-state index is -5.08. The van der Waals surface area contributed by atoms with Crippen LogP contribution in [-0.2, 0) is 32.5 Å². The molecule has 0 spiro atoms. The number of amides is 1. The van der Waals surface area contributed by atoms with E-state index in [1.807, 2.05) is 10.7 Å². The quantitative estimate of drug-likeness (QED) is 0.598. The molecule has 1 aliphatic heterocycles. The molecule has 0 saturated heterocycles. The number of sulfone groups is 1. The van der Waals surface area contributed by atoms with Crippen LogP contribution < -0.4 is 5.32 Å². The number of halogens is 3. The summed E-state index contributed by atoms with van der Waals surface area (Å²) in [4.78, 5) is 31.4. The van der Waals surface area contributed by atoms with Gasteiger partial charge in [-0.25, -0.2) is 23.2 Å². The van der Waals surface area contributed by atoms with E-state index in [1.165, 1.54) is 0 Å². The number of nitrogens with zero attached hydrogens (tertiary/aromatic N) is 5. The largest absolute Gasteiger partial charge is 0.490 e. The smallest absolute Gasteiger partial charge is 0.475 e. The summed E-state index contributed by atoms with van der Waals surface area (Å²) in [5, 5.41) is 14.6. The van der Waals surface area contributed by atoms with Gasteiger partial charge in [-0.1, -0.05) is 0 Å². The summed E-state index contributed by atoms with van der Waals surface area (Å²) in [7, 11) is -3.17. The topological polar surface area (TPSA) is 147 Å². The molecule has 0 saturated carbocycles. The fraction of sp³-hybridized carbons (Fsp3) is 0.500. The molecule has 33 heavy (non-hydrogen) atoms. The first-order valence-corrected chi connectivity index (χ1v) is 11.7. The highest BCUT2D eigenvalue weighted by Gasteiger charge is 2.38. The highest BCUT2D eigenvalue weighted by Crippen LogP contribution is 2.17. The van der Waals surface area contributed by atoms with Gasteiger partial charge in [0.15, 0.2) is 0 Å². The SMILES string of the molecule is CS(=O)(=O)CCC(=O)N1Cc2ccnn2CC(CNc2ncccn2)C1.O=C(O)C(F)(F)F. The second kappa shape index (κ2) is 11.1. The van der Waals surface area contributed by atoms with Crippen molar-refractivity contribution in [3.8, 4) is 0 Å². The minimum Gasteiger partial charge on any atom is -0.475 e. The van der Waals surface area contributed by atoms with Gasteiger partial charge in [0.2, 0.25) is 11.9 Å². The molecule has 0 radical (unpaired) electrons. The normalized spacial score (nSPS) is 16.1. The molecule has 0 aromatic carbocycles. The van der Waals surface area contributed by atoms with Crippen LogP contribution >= 0.6 is 0 Å². The number of rotatable bonds is 6. The zero-order chi connectivity index (χ0) is 24.6. The molecule has 1 atom stereocenters. The summed E-state index contributed by atoms with van der Waals surface area (Å²) < 4.78 is 56.3. The number of nitrogens with one attached hydrogen (secondary N) is 1. The van der Waals surface area contributed by atoms with Crippen LogP contribution in [-0.4, -0.2) is 81.3 Å². The second-order valence-corrected chi connectivity index (χ2v) is 9.54. The Morgan fingerprint density at radius 2 is 1.85 bits per heavy atom. The third-order valence-corrected chi connectivity index (χ3v) is 5.41. The monoisotopic (exact) mass is 492 g/mol. The third kappa shape index (κ3) is 9.03. The zero-order valence-electron chi connectivity index (χ0n) is 17.6. The molecule has 2 aromatic heterocycles. The zero-order valence-corrected chi connectivity index (χ0v) is 18.4. The minimum absolute atomic E-state index is 0.00504. The van der Waals surface area contributed by atoms with E-state index >= 15 is 0 Å². The van der Waals surface area contributed by atoms with Crippen molar-refractivity contribution in [1.82, 2.24) is 24.6 Å². The van der Waals surface area contributed by atoms with Crippen molar-refractivity contribution in [2.24, 2.45) is 5.92 Å². The molecule has 0 aliphatic carbocycles. The molecule has 182 valence electrons. The van der Waals surface area contributed by atoms with Crippen LogP contribution in [0.3, 0.4) is 0 Å². The van der Waals surface area contributed by atoms with Crippen LogP contribution in [0.2, 0.25) is 0 Å². The van der Waals surface area contributed by atoms with E-state index in [1.54, 1.807) is 29.6 Å². The van der Waals surface area contributed by atoms with Gasteiger partial charge in [-0.2, -0.15) is 18.3 Å². The molecule has 0 fully saturated rings. The van der Waals surface area contributed by atoms with E-state index in [0.29, 0.717) is 32.1 Å². The van der Waals surface area contributed by atoms with Gasteiger partial charge in [0.05, 0.1) is 18.0 Å². The Bertz CT molecular complexity index is 1050. The number of hydrogen-bond donors (Lipinski definition) is 2. The lowest BCUT2D eigenvalue weighted by Crippen LogP contribution is -2.36. The van der Waals surface area contributed by atoms with Gasteiger partial charge in [-0.15, -0.1) is 0 Å². The molecule has 1 aliphatic rings. The van der Waals surface area contributed by atoms with Gasteiger partial charge in [-0.05, 0) is 12.1 Å². The summed E-state index contributed by atoms with van der Waals surface area (Å²) in [6.45, 7) is 2.20. The maximum Gasteiger partial charge on any atom is 0.490 e. The van der Waals surface area contributed by atoms with Crippen LogP contribution in [0.4, 0.5) is 19.1 Å². The molecule has 0 bridgehead atoms. The molecule has 2 aromatic rings. The summed E-state index contributed by atoms with van der Waals surface area (Å²) in [6, 6.07) is 3.63. The molecule has 3 heterocycles. The molecule has 11 nitrogen and oxygen atoms in total. The van der Waals surface area contributed by atoms with Gasteiger partial charge in [0, 0.05) is 56.8 Å². The predicted molar refractivity (Wildman–Crippen MR) is 110 cm³/mol. The first kappa shape index (κ1) is 26.0. The van der Waals surface area contributed by atoms with Crippen LogP contribution in [0.15, 0.2) is 30.7 Å². The average Bonchev–Trinajstić information content (AvgIpc) is 3.08. The molecular formula is C18H23F3N6O5S. The molecule has 1 amide bonds. The molecule has 1 unspecified atom stereocenters. The molecule has 2 N–H and O–H groups in total. The lowest BCUT2D eigenvalue weighted by Gasteiger charge is -2.24. The van der Waals surface area contributed by atoms with Crippen molar-refractivity contribution < 1.29 is 36.3 Å². The van der Waals surface area contributed by atoms with Crippen molar-refractivity contribution in [3.05, 3.63) is 36.4 Å². The van der Waals surface area contributed by atoms with Gasteiger partial charge >= 0.3 is 12.1 Å². The standard InChI is InChI=1S/C16H22N6O3S.C2HF3O2/c1-26(24,25)8-4-15(23)21-10-13(9-19-16-17-5-2-6-18-16)11-22-14(12-21)3-7-20-22;3-2(4,5)1(6)7/h2-3,5-7,13H,4,8-12H2,1H3,(H,17,18,19);(H,6,7). The van der Waals surface area contributed by atoms with E-state index in [0.717, 1.165) is 11.9 Å². The van der Waals surface area contributed by atoms with Crippen LogP contribution in [0.25, 0.3) is 0 Å². The highest BCUT2D eigenvalue weighted by molar-refractivity contribution is 7.90. The number of carboxylic acids is 1. The Balaban J connectivity index is 0.000000479. The van der Waals surface area contributed by atoms with E-state index in [4.69, 9.17) is 9.90 Å². The first-order valence-electron chi connectivity index (χ1n) is 9.62. The Morgan fingerprint density at radius 3 is 2.42 bits per heavy atom. The number of carboxylic acid groups (broad SMARTS) is 1. The van der Waals surface area contributed by atoms with Crippen molar-refractivity contribution in [1.29, 1.82) is 0 Å². The van der Waals surface area contributed by atoms with Gasteiger partial charge in [0.1, 0.15) is 9.84 Å². The Labute approximate surface area is 187 Å². The Kier molecular flexibility index (Phi) is 8.73. The second-order valence-electron chi connectivity index (χ2n) is 7.28. The maximum atomic E-state index is 12.5. The Hall–Kier alpha value is -3.23. The summed E-state index contributed by atoms with van der Waals surface area (Å²) in [5.41, 5.74) is 0.941. The maximum absolute atomic E-state index is 12.5. The lowest BCUT2D eigenvalue weighted by molar-refractivity contribution is -0.192. The summed E-state index contributed by atoms with van der Waals surface area (Å²) >= 11 is 0. The van der Waals surface area contributed by atoms with Crippen molar-refractivity contribution in [2.75, 3.05) is 30.4 Å². The number of aliphatic carboxylic acids is 1. The third-order valence-electron chi connectivity index (χ3n) is 4.46. The predicted octanol–water partition coefficient (Wildman–Crippen LogP) is 0.812. The first-order chi connectivity index (χ1) is 15.3. The number of fused-ring (bicyclic) bond motifs is 1. The summed E-state index contributed by atoms with van der Waals surface area (Å²) in [5.74, 6) is -2.42. The van der Waals surface area contributed by atoms with E-state index < -0.39 is 22.0 Å². The van der Waals surface area contributed by atoms with Crippen molar-refractivity contribution in [2.45, 2.75) is 25.7 Å². The van der Waals surface area contributed by atoms with E-state index in [2.05, 4.69) is 20.4 Å². The van der Waals surface area contributed by atoms with Crippen LogP contribution in [0, 0.1) is 5.92 Å². The number of carbonyl (C=O) groups is 2. The molecule has 3 rings (SSSR count). The average molecular weight is 492 g/mol. The highest BCUT2D eigenvalue weighted by atomic mass is 32.2. The van der Waals surface area contributed by atoms with Gasteiger partial charge in [0.25, 0.3) is 0 Å².